The maximum absolute atomic E-state index is 12.3. The molecule has 0 saturated carbocycles. The van der Waals surface area contributed by atoms with E-state index in [9.17, 15) is 4.79 Å². The molecule has 20 heavy (non-hydrogen) atoms. The molecule has 104 valence electrons. The molecule has 0 aliphatic heterocycles. The Kier molecular flexibility index (Phi) is 4.08. The second-order valence-corrected chi connectivity index (χ2v) is 5.19. The van der Waals surface area contributed by atoms with Gasteiger partial charge in [0, 0.05) is 39.4 Å². The van der Waals surface area contributed by atoms with Gasteiger partial charge < -0.3 is 9.80 Å². The average molecular weight is 268 g/mol. The molecule has 0 atom stereocenters. The molecule has 0 aromatic heterocycles. The van der Waals surface area contributed by atoms with Gasteiger partial charge in [0.1, 0.15) is 0 Å². The minimum absolute atomic E-state index is 0.0239. The number of nitrogens with zero attached hydrogens (tertiary/aromatic N) is 2. The molecule has 0 bridgehead atoms. The van der Waals surface area contributed by atoms with Crippen LogP contribution in [0.5, 0.6) is 0 Å². The lowest BCUT2D eigenvalue weighted by Gasteiger charge is -2.16. The minimum atomic E-state index is 0.0239. The fraction of sp³-hybridized carbons (Fsp3) is 0.235. The molecule has 0 spiro atoms. The first-order chi connectivity index (χ1) is 9.50. The van der Waals surface area contributed by atoms with Crippen molar-refractivity contribution in [3.05, 3.63) is 54.1 Å². The van der Waals surface area contributed by atoms with Crippen LogP contribution in [0.15, 0.2) is 48.5 Å². The summed E-state index contributed by atoms with van der Waals surface area (Å²) < 4.78 is 0. The summed E-state index contributed by atoms with van der Waals surface area (Å²) in [5.74, 6) is 0.0239. The fourth-order valence-electron chi connectivity index (χ4n) is 2.11. The van der Waals surface area contributed by atoms with E-state index in [2.05, 4.69) is 17.0 Å². The number of amides is 1. The van der Waals surface area contributed by atoms with Gasteiger partial charge in [-0.2, -0.15) is 0 Å². The summed E-state index contributed by atoms with van der Waals surface area (Å²) in [5, 5.41) is 0. The van der Waals surface area contributed by atoms with Crippen molar-refractivity contribution < 1.29 is 4.79 Å². The van der Waals surface area contributed by atoms with E-state index < -0.39 is 0 Å². The monoisotopic (exact) mass is 268 g/mol. The van der Waals surface area contributed by atoms with Gasteiger partial charge in [-0.25, -0.2) is 0 Å². The van der Waals surface area contributed by atoms with Gasteiger partial charge in [0.2, 0.25) is 0 Å². The molecule has 3 heteroatoms. The van der Waals surface area contributed by atoms with Crippen molar-refractivity contribution in [3.63, 3.8) is 0 Å². The van der Waals surface area contributed by atoms with Crippen molar-refractivity contribution in [1.29, 1.82) is 0 Å². The molecular weight excluding hydrogens is 248 g/mol. The van der Waals surface area contributed by atoms with Gasteiger partial charge in [-0.15, -0.1) is 0 Å². The highest BCUT2D eigenvalue weighted by molar-refractivity contribution is 6.00. The Morgan fingerprint density at radius 3 is 2.25 bits per heavy atom. The van der Waals surface area contributed by atoms with Gasteiger partial charge in [0.05, 0.1) is 0 Å². The average Bonchev–Trinajstić information content (AvgIpc) is 2.46. The number of anilines is 1. The summed E-state index contributed by atoms with van der Waals surface area (Å²) in [6.07, 6.45) is 0. The first kappa shape index (κ1) is 14.1. The Labute approximate surface area is 120 Å². The molecule has 0 radical (unpaired) electrons. The van der Waals surface area contributed by atoms with E-state index in [0.29, 0.717) is 0 Å². The smallest absolute Gasteiger partial charge is 0.253 e. The third-order valence-electron chi connectivity index (χ3n) is 3.24. The van der Waals surface area contributed by atoms with E-state index >= 15 is 0 Å². The first-order valence-corrected chi connectivity index (χ1v) is 6.59. The molecule has 0 aliphatic rings. The highest BCUT2D eigenvalue weighted by Gasteiger charge is 2.14. The summed E-state index contributed by atoms with van der Waals surface area (Å²) in [6.45, 7) is 0. The van der Waals surface area contributed by atoms with E-state index in [4.69, 9.17) is 0 Å². The van der Waals surface area contributed by atoms with Crippen LogP contribution in [0.3, 0.4) is 0 Å². The zero-order valence-electron chi connectivity index (χ0n) is 12.4. The second-order valence-electron chi connectivity index (χ2n) is 5.19. The van der Waals surface area contributed by atoms with Crippen molar-refractivity contribution in [2.24, 2.45) is 0 Å². The van der Waals surface area contributed by atoms with E-state index in [-0.39, 0.29) is 5.91 Å². The third kappa shape index (κ3) is 2.82. The maximum atomic E-state index is 12.3. The minimum Gasteiger partial charge on any atom is -0.378 e. The lowest BCUT2D eigenvalue weighted by atomic mass is 9.98. The molecule has 0 unspecified atom stereocenters. The number of hydrogen-bond donors (Lipinski definition) is 0. The highest BCUT2D eigenvalue weighted by Crippen LogP contribution is 2.27. The molecule has 2 aromatic carbocycles. The number of rotatable bonds is 3. The number of benzene rings is 2. The Hall–Kier alpha value is -2.29. The highest BCUT2D eigenvalue weighted by atomic mass is 16.2. The van der Waals surface area contributed by atoms with E-state index in [1.807, 2.05) is 50.5 Å². The first-order valence-electron chi connectivity index (χ1n) is 6.59. The molecule has 0 N–H and O–H groups in total. The van der Waals surface area contributed by atoms with Crippen molar-refractivity contribution in [2.45, 2.75) is 0 Å². The van der Waals surface area contributed by atoms with Crippen molar-refractivity contribution in [1.82, 2.24) is 4.90 Å². The van der Waals surface area contributed by atoms with Crippen LogP contribution in [0.1, 0.15) is 10.4 Å². The molecule has 0 saturated heterocycles. The lowest BCUT2D eigenvalue weighted by molar-refractivity contribution is 0.0828. The van der Waals surface area contributed by atoms with Crippen LogP contribution in [0.25, 0.3) is 11.1 Å². The molecule has 1 amide bonds. The van der Waals surface area contributed by atoms with Crippen molar-refractivity contribution >= 4 is 11.6 Å². The zero-order chi connectivity index (χ0) is 14.7. The van der Waals surface area contributed by atoms with Gasteiger partial charge in [0.25, 0.3) is 5.91 Å². The van der Waals surface area contributed by atoms with Gasteiger partial charge in [0.15, 0.2) is 0 Å². The topological polar surface area (TPSA) is 23.6 Å². The molecule has 2 aromatic rings. The Morgan fingerprint density at radius 1 is 0.900 bits per heavy atom. The number of carbonyl (C=O) groups excluding carboxylic acids is 1. The molecule has 2 rings (SSSR count). The Bertz CT molecular complexity index is 618. The van der Waals surface area contributed by atoms with Gasteiger partial charge >= 0.3 is 0 Å². The fourth-order valence-corrected chi connectivity index (χ4v) is 2.11. The number of hydrogen-bond acceptors (Lipinski definition) is 2. The second kappa shape index (κ2) is 5.78. The summed E-state index contributed by atoms with van der Waals surface area (Å²) in [7, 11) is 7.57. The lowest BCUT2D eigenvalue weighted by Crippen LogP contribution is -2.22. The van der Waals surface area contributed by atoms with Crippen molar-refractivity contribution in [2.75, 3.05) is 33.1 Å². The van der Waals surface area contributed by atoms with E-state index in [1.54, 1.807) is 19.0 Å². The van der Waals surface area contributed by atoms with Crippen LogP contribution in [-0.4, -0.2) is 39.0 Å². The Balaban J connectivity index is 2.53. The van der Waals surface area contributed by atoms with Crippen LogP contribution < -0.4 is 4.90 Å². The van der Waals surface area contributed by atoms with Crippen LogP contribution in [0.4, 0.5) is 5.69 Å². The van der Waals surface area contributed by atoms with Crippen LogP contribution in [0.2, 0.25) is 0 Å². The van der Waals surface area contributed by atoms with E-state index in [0.717, 1.165) is 22.4 Å². The normalized spacial score (nSPS) is 10.2. The summed E-state index contributed by atoms with van der Waals surface area (Å²) in [6, 6.07) is 15.9. The molecule has 0 aliphatic carbocycles. The van der Waals surface area contributed by atoms with Crippen LogP contribution in [-0.2, 0) is 0 Å². The standard InChI is InChI=1S/C17H20N2O/c1-18(2)14-9-7-8-13(12-14)15-10-5-6-11-16(15)17(20)19(3)4/h5-12H,1-4H3. The van der Waals surface area contributed by atoms with Gasteiger partial charge in [-0.3, -0.25) is 4.79 Å². The third-order valence-corrected chi connectivity index (χ3v) is 3.24. The van der Waals surface area contributed by atoms with Gasteiger partial charge in [-0.1, -0.05) is 30.3 Å². The largest absolute Gasteiger partial charge is 0.378 e. The van der Waals surface area contributed by atoms with Gasteiger partial charge in [-0.05, 0) is 29.3 Å². The molecule has 0 heterocycles. The maximum Gasteiger partial charge on any atom is 0.253 e. The van der Waals surface area contributed by atoms with Crippen LogP contribution in [0, 0.1) is 0 Å². The molecular formula is C17H20N2O. The molecule has 3 nitrogen and oxygen atoms in total. The number of carbonyl (C=O) groups is 1. The SMILES string of the molecule is CN(C)C(=O)c1ccccc1-c1cccc(N(C)C)c1. The molecule has 0 fully saturated rings. The predicted octanol–water partition coefficient (Wildman–Crippen LogP) is 3.12. The van der Waals surface area contributed by atoms with E-state index in [1.165, 1.54) is 0 Å². The summed E-state index contributed by atoms with van der Waals surface area (Å²) in [4.78, 5) is 15.9. The summed E-state index contributed by atoms with van der Waals surface area (Å²) in [5.41, 5.74) is 3.87. The zero-order valence-corrected chi connectivity index (χ0v) is 12.4. The quantitative estimate of drug-likeness (QED) is 0.854. The summed E-state index contributed by atoms with van der Waals surface area (Å²) >= 11 is 0. The van der Waals surface area contributed by atoms with Crippen molar-refractivity contribution in [3.8, 4) is 11.1 Å². The predicted molar refractivity (Wildman–Crippen MR) is 84.2 cm³/mol. The Morgan fingerprint density at radius 2 is 1.60 bits per heavy atom. The van der Waals surface area contributed by atoms with Crippen LogP contribution >= 0.6 is 0 Å².